The molecule has 6 nitrogen and oxygen atoms in total. The first kappa shape index (κ1) is 14.3. The number of imidazole rings is 1. The van der Waals surface area contributed by atoms with Gasteiger partial charge in [0.2, 0.25) is 0 Å². The molecule has 0 bridgehead atoms. The molecule has 1 aliphatic rings. The predicted molar refractivity (Wildman–Crippen MR) is 79.8 cm³/mol. The molecule has 3 heterocycles. The van der Waals surface area contributed by atoms with Crippen LogP contribution in [0.1, 0.15) is 34.7 Å². The van der Waals surface area contributed by atoms with E-state index < -0.39 is 0 Å². The zero-order valence-electron chi connectivity index (χ0n) is 12.3. The minimum atomic E-state index is -0.0697. The van der Waals surface area contributed by atoms with Gasteiger partial charge >= 0.3 is 0 Å². The van der Waals surface area contributed by atoms with Crippen molar-refractivity contribution in [1.82, 2.24) is 19.4 Å². The minimum Gasteiger partial charge on any atom is -0.332 e. The Morgan fingerprint density at radius 2 is 2.36 bits per heavy atom. The largest absolute Gasteiger partial charge is 0.332 e. The standard InChI is InChI=1S/C16H17N5O/c17-6-3-8-20(12-13-4-1-7-18-10-13)16(22)14-11-19-15-5-2-9-21(14)15/h1,4,7,10-11H,2-3,5,8-9,12H2. The Morgan fingerprint density at radius 3 is 3.14 bits per heavy atom. The number of hydrogen-bond acceptors (Lipinski definition) is 4. The van der Waals surface area contributed by atoms with Crippen molar-refractivity contribution in [2.24, 2.45) is 0 Å². The maximum Gasteiger partial charge on any atom is 0.272 e. The molecule has 0 spiro atoms. The molecule has 0 aromatic carbocycles. The van der Waals surface area contributed by atoms with Crippen LogP contribution in [0.5, 0.6) is 0 Å². The molecule has 0 atom stereocenters. The third kappa shape index (κ3) is 2.84. The van der Waals surface area contributed by atoms with Gasteiger partial charge in [0, 0.05) is 38.4 Å². The van der Waals surface area contributed by atoms with E-state index in [4.69, 9.17) is 5.26 Å². The van der Waals surface area contributed by atoms with Gasteiger partial charge in [-0.1, -0.05) is 6.07 Å². The summed E-state index contributed by atoms with van der Waals surface area (Å²) in [6.45, 7) is 1.70. The summed E-state index contributed by atoms with van der Waals surface area (Å²) in [5.41, 5.74) is 1.57. The van der Waals surface area contributed by atoms with Gasteiger partial charge in [0.05, 0.1) is 18.7 Å². The van der Waals surface area contributed by atoms with Crippen molar-refractivity contribution in [3.8, 4) is 6.07 Å². The molecule has 2 aromatic heterocycles. The van der Waals surface area contributed by atoms with E-state index in [1.807, 2.05) is 16.7 Å². The summed E-state index contributed by atoms with van der Waals surface area (Å²) in [4.78, 5) is 22.9. The van der Waals surface area contributed by atoms with Crippen molar-refractivity contribution < 1.29 is 4.79 Å². The van der Waals surface area contributed by atoms with Crippen molar-refractivity contribution in [2.75, 3.05) is 6.54 Å². The van der Waals surface area contributed by atoms with Crippen LogP contribution in [0.15, 0.2) is 30.7 Å². The molecule has 3 rings (SSSR count). The number of amides is 1. The molecular formula is C16H17N5O. The molecule has 0 saturated carbocycles. The fraction of sp³-hybridized carbons (Fsp3) is 0.375. The molecule has 0 saturated heterocycles. The topological polar surface area (TPSA) is 74.8 Å². The van der Waals surface area contributed by atoms with Crippen LogP contribution in [0, 0.1) is 11.3 Å². The molecule has 6 heteroatoms. The molecule has 0 N–H and O–H groups in total. The first-order chi connectivity index (χ1) is 10.8. The number of aromatic nitrogens is 3. The second-order valence-electron chi connectivity index (χ2n) is 5.31. The van der Waals surface area contributed by atoms with Crippen LogP contribution in [0.3, 0.4) is 0 Å². The third-order valence-electron chi connectivity index (χ3n) is 3.82. The molecule has 1 amide bonds. The summed E-state index contributed by atoms with van der Waals surface area (Å²) in [6, 6.07) is 5.88. The molecule has 2 aromatic rings. The molecule has 0 unspecified atom stereocenters. The van der Waals surface area contributed by atoms with Crippen LogP contribution in [0.4, 0.5) is 0 Å². The summed E-state index contributed by atoms with van der Waals surface area (Å²) >= 11 is 0. The SMILES string of the molecule is N#CCCN(Cc1cccnc1)C(=O)c1cnc2n1CCC2. The Labute approximate surface area is 129 Å². The van der Waals surface area contributed by atoms with E-state index in [1.165, 1.54) is 0 Å². The smallest absolute Gasteiger partial charge is 0.272 e. The number of rotatable bonds is 5. The van der Waals surface area contributed by atoms with Gasteiger partial charge in [-0.3, -0.25) is 9.78 Å². The quantitative estimate of drug-likeness (QED) is 0.842. The Balaban J connectivity index is 1.82. The minimum absolute atomic E-state index is 0.0697. The Hall–Kier alpha value is -2.68. The highest BCUT2D eigenvalue weighted by Gasteiger charge is 2.24. The van der Waals surface area contributed by atoms with Gasteiger partial charge in [0.15, 0.2) is 0 Å². The summed E-state index contributed by atoms with van der Waals surface area (Å²) in [6.07, 6.45) is 7.37. The highest BCUT2D eigenvalue weighted by Crippen LogP contribution is 2.18. The van der Waals surface area contributed by atoms with Gasteiger partial charge in [-0.05, 0) is 18.1 Å². The van der Waals surface area contributed by atoms with Gasteiger partial charge in [-0.25, -0.2) is 4.98 Å². The van der Waals surface area contributed by atoms with Crippen LogP contribution in [-0.4, -0.2) is 31.9 Å². The number of pyridine rings is 1. The van der Waals surface area contributed by atoms with E-state index in [2.05, 4.69) is 16.0 Å². The molecule has 112 valence electrons. The van der Waals surface area contributed by atoms with Crippen LogP contribution in [-0.2, 0) is 19.5 Å². The van der Waals surface area contributed by atoms with Gasteiger partial charge in [0.1, 0.15) is 11.5 Å². The number of hydrogen-bond donors (Lipinski definition) is 0. The van der Waals surface area contributed by atoms with E-state index in [9.17, 15) is 4.79 Å². The van der Waals surface area contributed by atoms with Crippen molar-refractivity contribution in [2.45, 2.75) is 32.4 Å². The Kier molecular flexibility index (Phi) is 4.15. The van der Waals surface area contributed by atoms with Crippen LogP contribution in [0.2, 0.25) is 0 Å². The van der Waals surface area contributed by atoms with Crippen molar-refractivity contribution in [1.29, 1.82) is 5.26 Å². The second kappa shape index (κ2) is 6.39. The summed E-state index contributed by atoms with van der Waals surface area (Å²) in [7, 11) is 0. The van der Waals surface area contributed by atoms with Crippen LogP contribution >= 0.6 is 0 Å². The maximum absolute atomic E-state index is 12.8. The molecular weight excluding hydrogens is 278 g/mol. The second-order valence-corrected chi connectivity index (χ2v) is 5.31. The van der Waals surface area contributed by atoms with Crippen molar-refractivity contribution in [3.63, 3.8) is 0 Å². The zero-order valence-corrected chi connectivity index (χ0v) is 12.3. The Morgan fingerprint density at radius 1 is 1.45 bits per heavy atom. The average Bonchev–Trinajstić information content (AvgIpc) is 3.15. The van der Waals surface area contributed by atoms with Gasteiger partial charge in [-0.2, -0.15) is 5.26 Å². The number of nitrogens with zero attached hydrogens (tertiary/aromatic N) is 5. The van der Waals surface area contributed by atoms with E-state index in [-0.39, 0.29) is 5.91 Å². The maximum atomic E-state index is 12.8. The lowest BCUT2D eigenvalue weighted by atomic mass is 10.2. The van der Waals surface area contributed by atoms with E-state index in [1.54, 1.807) is 23.5 Å². The van der Waals surface area contributed by atoms with Crippen LogP contribution < -0.4 is 0 Å². The van der Waals surface area contributed by atoms with E-state index in [0.29, 0.717) is 25.2 Å². The van der Waals surface area contributed by atoms with Gasteiger partial charge in [0.25, 0.3) is 5.91 Å². The number of carbonyl (C=O) groups excluding carboxylic acids is 1. The Bertz CT molecular complexity index is 701. The number of carbonyl (C=O) groups is 1. The number of fused-ring (bicyclic) bond motifs is 1. The number of aryl methyl sites for hydroxylation is 1. The lowest BCUT2D eigenvalue weighted by Gasteiger charge is -2.22. The van der Waals surface area contributed by atoms with Crippen molar-refractivity contribution >= 4 is 5.91 Å². The summed E-state index contributed by atoms with van der Waals surface area (Å²) < 4.78 is 1.99. The normalized spacial score (nSPS) is 12.7. The first-order valence-electron chi connectivity index (χ1n) is 7.39. The molecule has 0 radical (unpaired) electrons. The third-order valence-corrected chi connectivity index (χ3v) is 3.82. The fourth-order valence-corrected chi connectivity index (χ4v) is 2.74. The summed E-state index contributed by atoms with van der Waals surface area (Å²) in [5, 5.41) is 8.83. The van der Waals surface area contributed by atoms with Gasteiger partial charge < -0.3 is 9.47 Å². The molecule has 0 aliphatic carbocycles. The average molecular weight is 295 g/mol. The molecule has 22 heavy (non-hydrogen) atoms. The predicted octanol–water partition coefficient (Wildman–Crippen LogP) is 1.78. The van der Waals surface area contributed by atoms with E-state index in [0.717, 1.165) is 30.8 Å². The highest BCUT2D eigenvalue weighted by molar-refractivity contribution is 5.92. The molecule has 1 aliphatic heterocycles. The number of nitriles is 1. The zero-order chi connectivity index (χ0) is 15.4. The monoisotopic (exact) mass is 295 g/mol. The van der Waals surface area contributed by atoms with Crippen molar-refractivity contribution in [3.05, 3.63) is 47.8 Å². The van der Waals surface area contributed by atoms with Gasteiger partial charge in [-0.15, -0.1) is 0 Å². The fourth-order valence-electron chi connectivity index (χ4n) is 2.74. The lowest BCUT2D eigenvalue weighted by molar-refractivity contribution is 0.0736. The lowest BCUT2D eigenvalue weighted by Crippen LogP contribution is -2.33. The van der Waals surface area contributed by atoms with E-state index >= 15 is 0 Å². The first-order valence-corrected chi connectivity index (χ1v) is 7.39. The van der Waals surface area contributed by atoms with Crippen LogP contribution in [0.25, 0.3) is 0 Å². The highest BCUT2D eigenvalue weighted by atomic mass is 16.2. The summed E-state index contributed by atoms with van der Waals surface area (Å²) in [5.74, 6) is 0.907. The molecule has 0 fully saturated rings.